The minimum Gasteiger partial charge on any atom is -0.325 e. The highest BCUT2D eigenvalue weighted by molar-refractivity contribution is 7.17. The van der Waals surface area contributed by atoms with Crippen molar-refractivity contribution in [1.82, 2.24) is 9.55 Å². The summed E-state index contributed by atoms with van der Waals surface area (Å²) < 4.78 is 14.5. The van der Waals surface area contributed by atoms with Crippen LogP contribution in [-0.4, -0.2) is 15.5 Å². The Morgan fingerprint density at radius 2 is 2.00 bits per heavy atom. The van der Waals surface area contributed by atoms with Crippen LogP contribution in [0.15, 0.2) is 65.0 Å². The van der Waals surface area contributed by atoms with Gasteiger partial charge in [-0.15, -0.1) is 11.3 Å². The summed E-state index contributed by atoms with van der Waals surface area (Å²) in [5, 5.41) is 5.04. The maximum Gasteiger partial charge on any atom is 0.263 e. The van der Waals surface area contributed by atoms with Gasteiger partial charge in [0, 0.05) is 16.6 Å². The summed E-state index contributed by atoms with van der Waals surface area (Å²) in [7, 11) is 0. The topological polar surface area (TPSA) is 64.0 Å². The lowest BCUT2D eigenvalue weighted by atomic mass is 10.1. The summed E-state index contributed by atoms with van der Waals surface area (Å²) in [6.45, 7) is 1.79. The molecule has 2 heterocycles. The molecule has 4 aromatic rings. The quantitative estimate of drug-likeness (QED) is 0.565. The van der Waals surface area contributed by atoms with E-state index in [1.54, 1.807) is 18.2 Å². The minimum atomic E-state index is -0.341. The molecular formula is C21H16FN3O2S. The van der Waals surface area contributed by atoms with E-state index >= 15 is 0 Å². The van der Waals surface area contributed by atoms with E-state index in [0.29, 0.717) is 21.5 Å². The van der Waals surface area contributed by atoms with Gasteiger partial charge >= 0.3 is 0 Å². The highest BCUT2D eigenvalue weighted by Gasteiger charge is 2.15. The second kappa shape index (κ2) is 7.36. The molecule has 28 heavy (non-hydrogen) atoms. The van der Waals surface area contributed by atoms with Crippen LogP contribution in [-0.2, 0) is 11.3 Å². The van der Waals surface area contributed by atoms with E-state index < -0.39 is 0 Å². The standard InChI is InChI=1S/C21H16FN3O2S/c1-13-3-2-4-16(9-13)24-18(26)10-25-12-23-20-19(21(25)27)17(11-28-20)14-5-7-15(22)8-6-14/h2-9,11-12H,10H2,1H3,(H,24,26). The first-order chi connectivity index (χ1) is 13.5. The van der Waals surface area contributed by atoms with Crippen molar-refractivity contribution in [3.05, 3.63) is 82.0 Å². The summed E-state index contributed by atoms with van der Waals surface area (Å²) in [5.41, 5.74) is 2.82. The van der Waals surface area contributed by atoms with Gasteiger partial charge in [-0.25, -0.2) is 9.37 Å². The Bertz CT molecular complexity index is 1230. The van der Waals surface area contributed by atoms with Crippen LogP contribution < -0.4 is 10.9 Å². The molecule has 0 radical (unpaired) electrons. The predicted octanol–water partition coefficient (Wildman–Crippen LogP) is 4.21. The average molecular weight is 393 g/mol. The normalized spacial score (nSPS) is 10.9. The van der Waals surface area contributed by atoms with Crippen LogP contribution in [0, 0.1) is 12.7 Å². The summed E-state index contributed by atoms with van der Waals surface area (Å²) in [4.78, 5) is 30.2. The van der Waals surface area contributed by atoms with Crippen molar-refractivity contribution in [2.75, 3.05) is 5.32 Å². The Morgan fingerprint density at radius 3 is 2.75 bits per heavy atom. The number of amides is 1. The zero-order valence-corrected chi connectivity index (χ0v) is 15.8. The number of halogens is 1. The fourth-order valence-electron chi connectivity index (χ4n) is 3.00. The monoisotopic (exact) mass is 393 g/mol. The third-order valence-corrected chi connectivity index (χ3v) is 5.22. The van der Waals surface area contributed by atoms with Gasteiger partial charge in [0.1, 0.15) is 17.2 Å². The van der Waals surface area contributed by atoms with Crippen molar-refractivity contribution >= 4 is 33.1 Å². The molecule has 0 spiro atoms. The van der Waals surface area contributed by atoms with Gasteiger partial charge in [0.25, 0.3) is 5.56 Å². The van der Waals surface area contributed by atoms with Crippen LogP contribution >= 0.6 is 11.3 Å². The van der Waals surface area contributed by atoms with E-state index in [2.05, 4.69) is 10.3 Å². The van der Waals surface area contributed by atoms with Crippen molar-refractivity contribution in [2.24, 2.45) is 0 Å². The van der Waals surface area contributed by atoms with Gasteiger partial charge in [0.05, 0.1) is 11.7 Å². The van der Waals surface area contributed by atoms with Crippen molar-refractivity contribution in [3.63, 3.8) is 0 Å². The molecule has 4 rings (SSSR count). The number of benzene rings is 2. The minimum absolute atomic E-state index is 0.144. The zero-order valence-electron chi connectivity index (χ0n) is 15.0. The van der Waals surface area contributed by atoms with Gasteiger partial charge in [-0.3, -0.25) is 14.2 Å². The lowest BCUT2D eigenvalue weighted by Gasteiger charge is -2.08. The van der Waals surface area contributed by atoms with Gasteiger partial charge in [-0.1, -0.05) is 24.3 Å². The number of hydrogen-bond acceptors (Lipinski definition) is 4. The molecule has 0 aliphatic rings. The SMILES string of the molecule is Cc1cccc(NC(=O)Cn2cnc3scc(-c4ccc(F)cc4)c3c2=O)c1. The molecule has 0 aliphatic carbocycles. The average Bonchev–Trinajstić information content (AvgIpc) is 3.09. The molecule has 5 nitrogen and oxygen atoms in total. The molecule has 2 aromatic carbocycles. The Balaban J connectivity index is 1.66. The molecule has 0 bridgehead atoms. The van der Waals surface area contributed by atoms with Crippen molar-refractivity contribution in [2.45, 2.75) is 13.5 Å². The molecule has 140 valence electrons. The Hall–Kier alpha value is -3.32. The fourth-order valence-corrected chi connectivity index (χ4v) is 3.91. The van der Waals surface area contributed by atoms with E-state index in [1.165, 1.54) is 34.4 Å². The van der Waals surface area contributed by atoms with Crippen LogP contribution in [0.4, 0.5) is 10.1 Å². The number of carbonyl (C=O) groups is 1. The first-order valence-electron chi connectivity index (χ1n) is 8.60. The van der Waals surface area contributed by atoms with Crippen molar-refractivity contribution < 1.29 is 9.18 Å². The van der Waals surface area contributed by atoms with E-state index in [0.717, 1.165) is 11.1 Å². The van der Waals surface area contributed by atoms with E-state index in [-0.39, 0.29) is 23.8 Å². The lowest BCUT2D eigenvalue weighted by Crippen LogP contribution is -2.27. The van der Waals surface area contributed by atoms with E-state index in [1.807, 2.05) is 30.5 Å². The van der Waals surface area contributed by atoms with Crippen molar-refractivity contribution in [3.8, 4) is 11.1 Å². The summed E-state index contributed by atoms with van der Waals surface area (Å²) in [5.74, 6) is -0.654. The number of fused-ring (bicyclic) bond motifs is 1. The number of nitrogens with one attached hydrogen (secondary N) is 1. The van der Waals surface area contributed by atoms with Gasteiger partial charge in [-0.2, -0.15) is 0 Å². The second-order valence-electron chi connectivity index (χ2n) is 6.43. The fraction of sp³-hybridized carbons (Fsp3) is 0.0952. The van der Waals surface area contributed by atoms with Crippen molar-refractivity contribution in [1.29, 1.82) is 0 Å². The number of rotatable bonds is 4. The molecule has 1 N–H and O–H groups in total. The molecular weight excluding hydrogens is 377 g/mol. The highest BCUT2D eigenvalue weighted by atomic mass is 32.1. The third-order valence-electron chi connectivity index (χ3n) is 4.33. The Morgan fingerprint density at radius 1 is 1.21 bits per heavy atom. The van der Waals surface area contributed by atoms with Crippen LogP contribution in [0.2, 0.25) is 0 Å². The predicted molar refractivity (Wildman–Crippen MR) is 109 cm³/mol. The summed E-state index contributed by atoms with van der Waals surface area (Å²) in [6.07, 6.45) is 1.38. The molecule has 0 fully saturated rings. The van der Waals surface area contributed by atoms with Gasteiger partial charge < -0.3 is 5.32 Å². The molecule has 7 heteroatoms. The van der Waals surface area contributed by atoms with Crippen LogP contribution in [0.5, 0.6) is 0 Å². The first-order valence-corrected chi connectivity index (χ1v) is 9.48. The van der Waals surface area contributed by atoms with Gasteiger partial charge in [0.2, 0.25) is 5.91 Å². The van der Waals surface area contributed by atoms with Crippen LogP contribution in [0.25, 0.3) is 21.3 Å². The number of aryl methyl sites for hydroxylation is 1. The van der Waals surface area contributed by atoms with Gasteiger partial charge in [-0.05, 0) is 42.3 Å². The highest BCUT2D eigenvalue weighted by Crippen LogP contribution is 2.30. The number of carbonyl (C=O) groups excluding carboxylic acids is 1. The second-order valence-corrected chi connectivity index (χ2v) is 7.29. The first kappa shape index (κ1) is 18.1. The lowest BCUT2D eigenvalue weighted by molar-refractivity contribution is -0.116. The van der Waals surface area contributed by atoms with Crippen LogP contribution in [0.1, 0.15) is 5.56 Å². The maximum atomic E-state index is 13.2. The Kier molecular flexibility index (Phi) is 4.75. The van der Waals surface area contributed by atoms with Crippen LogP contribution in [0.3, 0.4) is 0 Å². The molecule has 0 aliphatic heterocycles. The number of aromatic nitrogens is 2. The molecule has 1 amide bonds. The number of anilines is 1. The van der Waals surface area contributed by atoms with E-state index in [4.69, 9.17) is 0 Å². The molecule has 0 saturated heterocycles. The third kappa shape index (κ3) is 3.57. The smallest absolute Gasteiger partial charge is 0.263 e. The maximum absolute atomic E-state index is 13.2. The summed E-state index contributed by atoms with van der Waals surface area (Å²) >= 11 is 1.34. The number of thiophene rings is 1. The molecule has 0 atom stereocenters. The zero-order chi connectivity index (χ0) is 19.7. The molecule has 0 unspecified atom stereocenters. The Labute approximate surface area is 164 Å². The number of nitrogens with zero attached hydrogens (tertiary/aromatic N) is 2. The van der Waals surface area contributed by atoms with E-state index in [9.17, 15) is 14.0 Å². The van der Waals surface area contributed by atoms with Gasteiger partial charge in [0.15, 0.2) is 0 Å². The molecule has 2 aromatic heterocycles. The summed E-state index contributed by atoms with van der Waals surface area (Å²) in [6, 6.07) is 13.4. The number of hydrogen-bond donors (Lipinski definition) is 1. The molecule has 0 saturated carbocycles. The largest absolute Gasteiger partial charge is 0.325 e.